The third-order valence-corrected chi connectivity index (χ3v) is 5.29. The molecule has 1 aliphatic heterocycles. The van der Waals surface area contributed by atoms with Gasteiger partial charge in [0.05, 0.1) is 17.7 Å². The quantitative estimate of drug-likeness (QED) is 0.659. The van der Waals surface area contributed by atoms with Gasteiger partial charge in [-0.3, -0.25) is 4.90 Å². The molecule has 31 heavy (non-hydrogen) atoms. The lowest BCUT2D eigenvalue weighted by atomic mass is 9.87. The zero-order chi connectivity index (χ0) is 22.0. The smallest absolute Gasteiger partial charge is 0.410 e. The van der Waals surface area contributed by atoms with Gasteiger partial charge < -0.3 is 9.84 Å². The number of nitrogens with zero attached hydrogens (tertiary/aromatic N) is 2. The second kappa shape index (κ2) is 8.44. The number of phenols is 1. The Kier molecular flexibility index (Phi) is 5.54. The molecule has 3 aromatic rings. The predicted molar refractivity (Wildman–Crippen MR) is 108 cm³/mol. The maximum Gasteiger partial charge on any atom is 0.410 e. The van der Waals surface area contributed by atoms with Crippen LogP contribution in [-0.2, 0) is 17.8 Å². The first-order valence-electron chi connectivity index (χ1n) is 9.66. The van der Waals surface area contributed by atoms with Crippen LogP contribution in [-0.4, -0.2) is 22.6 Å². The molecule has 0 fully saturated rings. The first-order valence-corrected chi connectivity index (χ1v) is 9.66. The van der Waals surface area contributed by atoms with E-state index in [4.69, 9.17) is 4.74 Å². The largest absolute Gasteiger partial charge is 0.508 e. The van der Waals surface area contributed by atoms with Gasteiger partial charge in [0.1, 0.15) is 24.0 Å². The molecule has 0 aromatic heterocycles. The molecule has 1 unspecified atom stereocenters. The molecule has 1 heterocycles. The van der Waals surface area contributed by atoms with Gasteiger partial charge in [0.2, 0.25) is 0 Å². The number of fused-ring (bicyclic) bond motifs is 1. The number of aromatic hydroxyl groups is 1. The van der Waals surface area contributed by atoms with Gasteiger partial charge in [-0.2, -0.15) is 5.26 Å². The van der Waals surface area contributed by atoms with Crippen LogP contribution in [0.5, 0.6) is 5.75 Å². The molecule has 0 aliphatic carbocycles. The molecule has 4 rings (SSSR count). The normalized spacial score (nSPS) is 15.1. The Morgan fingerprint density at radius 3 is 2.65 bits per heavy atom. The molecule has 1 N–H and O–H groups in total. The van der Waals surface area contributed by atoms with Crippen LogP contribution in [0.1, 0.15) is 33.9 Å². The molecule has 0 spiro atoms. The number of hydrogen-bond acceptors (Lipinski definition) is 4. The second-order valence-corrected chi connectivity index (χ2v) is 7.23. The monoisotopic (exact) mass is 420 g/mol. The van der Waals surface area contributed by atoms with Crippen LogP contribution in [0.2, 0.25) is 0 Å². The van der Waals surface area contributed by atoms with E-state index < -0.39 is 23.8 Å². The van der Waals surface area contributed by atoms with Crippen molar-refractivity contribution in [2.75, 3.05) is 6.54 Å². The third-order valence-electron chi connectivity index (χ3n) is 5.29. The van der Waals surface area contributed by atoms with Gasteiger partial charge >= 0.3 is 6.09 Å². The minimum atomic E-state index is -1.01. The van der Waals surface area contributed by atoms with Crippen molar-refractivity contribution in [1.82, 2.24) is 4.90 Å². The Labute approximate surface area is 177 Å². The van der Waals surface area contributed by atoms with E-state index in [1.165, 1.54) is 23.1 Å². The second-order valence-electron chi connectivity index (χ2n) is 7.23. The minimum absolute atomic E-state index is 0.0253. The van der Waals surface area contributed by atoms with E-state index in [-0.39, 0.29) is 47.6 Å². The van der Waals surface area contributed by atoms with E-state index in [9.17, 15) is 23.9 Å². The highest BCUT2D eigenvalue weighted by molar-refractivity contribution is 5.70. The number of amides is 1. The summed E-state index contributed by atoms with van der Waals surface area (Å²) in [6.45, 7) is 0.127. The fourth-order valence-corrected chi connectivity index (χ4v) is 3.84. The van der Waals surface area contributed by atoms with E-state index in [2.05, 4.69) is 0 Å². The molecule has 156 valence electrons. The lowest BCUT2D eigenvalue weighted by Crippen LogP contribution is -2.41. The fraction of sp³-hybridized carbons (Fsp3) is 0.167. The molecular formula is C24H18F2N2O3. The highest BCUT2D eigenvalue weighted by Gasteiger charge is 2.36. The van der Waals surface area contributed by atoms with Crippen LogP contribution >= 0.6 is 0 Å². The molecule has 3 aromatic carbocycles. The standard InChI is InChI=1S/C24H18F2N2O3/c25-17-11-19-18(21(26)12-17)8-9-28(24(30)31-14-15-4-2-1-3-5-15)23(19)20-10-16(13-27)6-7-22(20)29/h1-7,10-12,23,29H,8-9,14H2. The van der Waals surface area contributed by atoms with Crippen molar-refractivity contribution in [3.05, 3.63) is 100 Å². The van der Waals surface area contributed by atoms with Gasteiger partial charge in [-0.05, 0) is 47.4 Å². The number of carbonyl (C=O) groups excluding carboxylic acids is 1. The number of hydrogen-bond donors (Lipinski definition) is 1. The van der Waals surface area contributed by atoms with E-state index >= 15 is 0 Å². The molecule has 0 saturated heterocycles. The molecule has 5 nitrogen and oxygen atoms in total. The molecule has 1 aliphatic rings. The Bertz CT molecular complexity index is 1180. The van der Waals surface area contributed by atoms with Gasteiger partial charge in [-0.1, -0.05) is 30.3 Å². The topological polar surface area (TPSA) is 73.6 Å². The van der Waals surface area contributed by atoms with Crippen molar-refractivity contribution in [2.24, 2.45) is 0 Å². The number of nitriles is 1. The van der Waals surface area contributed by atoms with Crippen molar-refractivity contribution in [3.63, 3.8) is 0 Å². The van der Waals surface area contributed by atoms with Crippen molar-refractivity contribution in [2.45, 2.75) is 19.1 Å². The molecule has 7 heteroatoms. The number of phenolic OH excluding ortho intramolecular Hbond substituents is 1. The van der Waals surface area contributed by atoms with Crippen LogP contribution in [0.15, 0.2) is 60.7 Å². The lowest BCUT2D eigenvalue weighted by molar-refractivity contribution is 0.0829. The Hall–Kier alpha value is -3.92. The van der Waals surface area contributed by atoms with Gasteiger partial charge in [0.25, 0.3) is 0 Å². The average Bonchev–Trinajstić information content (AvgIpc) is 2.78. The number of benzene rings is 3. The summed E-state index contributed by atoms with van der Waals surface area (Å²) in [5, 5.41) is 19.7. The van der Waals surface area contributed by atoms with E-state index in [0.29, 0.717) is 0 Å². The summed E-state index contributed by atoms with van der Waals surface area (Å²) >= 11 is 0. The SMILES string of the molecule is N#Cc1ccc(O)c(C2c3cc(F)cc(F)c3CCN2C(=O)OCc2ccccc2)c1. The van der Waals surface area contributed by atoms with Crippen LogP contribution in [0.4, 0.5) is 13.6 Å². The van der Waals surface area contributed by atoms with Gasteiger partial charge in [0, 0.05) is 18.2 Å². The highest BCUT2D eigenvalue weighted by atomic mass is 19.1. The summed E-state index contributed by atoms with van der Waals surface area (Å²) in [6.07, 6.45) is -0.525. The van der Waals surface area contributed by atoms with Gasteiger partial charge in [-0.25, -0.2) is 13.6 Å². The number of carbonyl (C=O) groups is 1. The van der Waals surface area contributed by atoms with Crippen LogP contribution in [0, 0.1) is 23.0 Å². The van der Waals surface area contributed by atoms with E-state index in [1.807, 2.05) is 36.4 Å². The van der Waals surface area contributed by atoms with Gasteiger partial charge in [0.15, 0.2) is 0 Å². The van der Waals surface area contributed by atoms with Crippen LogP contribution < -0.4 is 0 Å². The Morgan fingerprint density at radius 1 is 1.13 bits per heavy atom. The van der Waals surface area contributed by atoms with Crippen LogP contribution in [0.3, 0.4) is 0 Å². The zero-order valence-electron chi connectivity index (χ0n) is 16.4. The van der Waals surface area contributed by atoms with E-state index in [1.54, 1.807) is 0 Å². The number of rotatable bonds is 3. The first kappa shape index (κ1) is 20.4. The maximum atomic E-state index is 14.5. The zero-order valence-corrected chi connectivity index (χ0v) is 16.4. The van der Waals surface area contributed by atoms with Crippen LogP contribution in [0.25, 0.3) is 0 Å². The maximum absolute atomic E-state index is 14.5. The van der Waals surface area contributed by atoms with Crippen molar-refractivity contribution < 1.29 is 23.4 Å². The summed E-state index contributed by atoms with van der Waals surface area (Å²) < 4.78 is 34.0. The summed E-state index contributed by atoms with van der Waals surface area (Å²) in [6, 6.07) is 16.2. The molecule has 1 amide bonds. The average molecular weight is 420 g/mol. The van der Waals surface area contributed by atoms with Crippen molar-refractivity contribution in [1.29, 1.82) is 5.26 Å². The number of ether oxygens (including phenoxy) is 1. The fourth-order valence-electron chi connectivity index (χ4n) is 3.84. The highest BCUT2D eigenvalue weighted by Crippen LogP contribution is 2.40. The predicted octanol–water partition coefficient (Wildman–Crippen LogP) is 4.83. The van der Waals surface area contributed by atoms with Crippen molar-refractivity contribution >= 4 is 6.09 Å². The summed E-state index contributed by atoms with van der Waals surface area (Å²) in [5.74, 6) is -1.70. The minimum Gasteiger partial charge on any atom is -0.508 e. The summed E-state index contributed by atoms with van der Waals surface area (Å²) in [5.41, 5.74) is 1.71. The van der Waals surface area contributed by atoms with Gasteiger partial charge in [-0.15, -0.1) is 0 Å². The molecule has 0 saturated carbocycles. The molecular weight excluding hydrogens is 402 g/mol. The molecule has 0 bridgehead atoms. The Morgan fingerprint density at radius 2 is 1.90 bits per heavy atom. The summed E-state index contributed by atoms with van der Waals surface area (Å²) in [7, 11) is 0. The summed E-state index contributed by atoms with van der Waals surface area (Å²) in [4.78, 5) is 14.3. The van der Waals surface area contributed by atoms with E-state index in [0.717, 1.165) is 17.7 Å². The Balaban J connectivity index is 1.75. The number of halogens is 2. The lowest BCUT2D eigenvalue weighted by Gasteiger charge is -2.37. The third kappa shape index (κ3) is 4.05. The molecule has 0 radical (unpaired) electrons. The van der Waals surface area contributed by atoms with Crippen molar-refractivity contribution in [3.8, 4) is 11.8 Å². The first-order chi connectivity index (χ1) is 15.0. The molecule has 1 atom stereocenters.